The van der Waals surface area contributed by atoms with E-state index in [9.17, 15) is 0 Å². The molecule has 1 saturated carbocycles. The average Bonchev–Trinajstić information content (AvgIpc) is 2.81. The lowest BCUT2D eigenvalue weighted by Crippen LogP contribution is -2.47. The van der Waals surface area contributed by atoms with Gasteiger partial charge in [-0.3, -0.25) is 4.99 Å². The third-order valence-electron chi connectivity index (χ3n) is 4.75. The van der Waals surface area contributed by atoms with Gasteiger partial charge in [0.05, 0.1) is 10.7 Å². The highest BCUT2D eigenvalue weighted by atomic mass is 32.1. The van der Waals surface area contributed by atoms with E-state index in [-0.39, 0.29) is 0 Å². The fourth-order valence-electron chi connectivity index (χ4n) is 3.10. The van der Waals surface area contributed by atoms with Gasteiger partial charge in [-0.05, 0) is 38.5 Å². The standard InChI is InChI=1S/C17H30N4OS/c1-13-15(23-14(2)21-13)6-10-19-16(18-3)20-12-17(7-5-8-17)9-11-22-4/h5-12H2,1-4H3,(H2,18,19,20). The van der Waals surface area contributed by atoms with E-state index in [4.69, 9.17) is 4.74 Å². The number of methoxy groups -OCH3 is 1. The molecular formula is C17H30N4OS. The Hall–Kier alpha value is -1.14. The maximum Gasteiger partial charge on any atom is 0.191 e. The fraction of sp³-hybridized carbons (Fsp3) is 0.765. The maximum absolute atomic E-state index is 5.26. The summed E-state index contributed by atoms with van der Waals surface area (Å²) in [6.45, 7) is 6.86. The molecule has 2 rings (SSSR count). The van der Waals surface area contributed by atoms with Gasteiger partial charge in [0, 0.05) is 45.2 Å². The Kier molecular flexibility index (Phi) is 6.84. The normalized spacial score (nSPS) is 17.0. The molecule has 0 radical (unpaired) electrons. The van der Waals surface area contributed by atoms with E-state index >= 15 is 0 Å². The van der Waals surface area contributed by atoms with Gasteiger partial charge in [0.1, 0.15) is 0 Å². The zero-order valence-corrected chi connectivity index (χ0v) is 15.7. The molecule has 0 bridgehead atoms. The molecule has 0 atom stereocenters. The summed E-state index contributed by atoms with van der Waals surface area (Å²) < 4.78 is 5.26. The minimum absolute atomic E-state index is 0.402. The minimum Gasteiger partial charge on any atom is -0.385 e. The molecule has 0 saturated heterocycles. The number of hydrogen-bond acceptors (Lipinski definition) is 4. The summed E-state index contributed by atoms with van der Waals surface area (Å²) in [6, 6.07) is 0. The molecule has 1 aliphatic rings. The molecule has 1 fully saturated rings. The second-order valence-electron chi connectivity index (χ2n) is 6.44. The number of nitrogens with one attached hydrogen (secondary N) is 2. The Labute approximate surface area is 144 Å². The zero-order chi connectivity index (χ0) is 16.7. The molecule has 1 aliphatic carbocycles. The van der Waals surface area contributed by atoms with Gasteiger partial charge in [0.2, 0.25) is 0 Å². The van der Waals surface area contributed by atoms with Gasteiger partial charge in [-0.15, -0.1) is 11.3 Å². The number of aliphatic imine (C=N–C) groups is 1. The number of thiazole rings is 1. The summed E-state index contributed by atoms with van der Waals surface area (Å²) in [6.07, 6.45) is 6.04. The molecule has 0 spiro atoms. The molecule has 5 nitrogen and oxygen atoms in total. The third kappa shape index (κ3) is 5.18. The van der Waals surface area contributed by atoms with Crippen LogP contribution in [0.4, 0.5) is 0 Å². The smallest absolute Gasteiger partial charge is 0.191 e. The van der Waals surface area contributed by atoms with Crippen molar-refractivity contribution in [3.8, 4) is 0 Å². The predicted octanol–water partition coefficient (Wildman–Crippen LogP) is 2.67. The van der Waals surface area contributed by atoms with Crippen LogP contribution >= 0.6 is 11.3 Å². The number of guanidine groups is 1. The maximum atomic E-state index is 5.26. The Morgan fingerprint density at radius 1 is 1.35 bits per heavy atom. The van der Waals surface area contributed by atoms with E-state index in [1.807, 2.05) is 7.05 Å². The highest BCUT2D eigenvalue weighted by molar-refractivity contribution is 7.11. The fourth-order valence-corrected chi connectivity index (χ4v) is 4.04. The second-order valence-corrected chi connectivity index (χ2v) is 7.73. The number of nitrogens with zero attached hydrogens (tertiary/aromatic N) is 2. The van der Waals surface area contributed by atoms with E-state index in [1.165, 1.54) is 24.1 Å². The summed E-state index contributed by atoms with van der Waals surface area (Å²) in [7, 11) is 3.61. The van der Waals surface area contributed by atoms with Crippen LogP contribution in [0.25, 0.3) is 0 Å². The monoisotopic (exact) mass is 338 g/mol. The zero-order valence-electron chi connectivity index (χ0n) is 14.9. The Bertz CT molecular complexity index is 523. The lowest BCUT2D eigenvalue weighted by atomic mass is 9.67. The number of hydrogen-bond donors (Lipinski definition) is 2. The van der Waals surface area contributed by atoms with Gasteiger partial charge in [-0.2, -0.15) is 0 Å². The molecule has 0 unspecified atom stereocenters. The summed E-state index contributed by atoms with van der Waals surface area (Å²) in [5, 5.41) is 8.06. The highest BCUT2D eigenvalue weighted by Gasteiger charge is 2.36. The molecule has 23 heavy (non-hydrogen) atoms. The Morgan fingerprint density at radius 3 is 2.65 bits per heavy atom. The van der Waals surface area contributed by atoms with E-state index in [1.54, 1.807) is 18.4 Å². The van der Waals surface area contributed by atoms with Crippen LogP contribution in [0, 0.1) is 19.3 Å². The summed E-state index contributed by atoms with van der Waals surface area (Å²) >= 11 is 1.79. The first-order chi connectivity index (χ1) is 11.1. The molecule has 1 heterocycles. The number of ether oxygens (including phenoxy) is 1. The van der Waals surface area contributed by atoms with E-state index in [0.29, 0.717) is 5.41 Å². The van der Waals surface area contributed by atoms with Gasteiger partial charge in [0.15, 0.2) is 5.96 Å². The molecule has 2 N–H and O–H groups in total. The van der Waals surface area contributed by atoms with E-state index in [0.717, 1.165) is 49.2 Å². The Morgan fingerprint density at radius 2 is 2.13 bits per heavy atom. The van der Waals surface area contributed by atoms with Gasteiger partial charge in [0.25, 0.3) is 0 Å². The van der Waals surface area contributed by atoms with Crippen molar-refractivity contribution >= 4 is 17.3 Å². The van der Waals surface area contributed by atoms with Crippen molar-refractivity contribution in [1.29, 1.82) is 0 Å². The third-order valence-corrected chi connectivity index (χ3v) is 5.88. The number of aromatic nitrogens is 1. The van der Waals surface area contributed by atoms with Crippen LogP contribution < -0.4 is 10.6 Å². The second kappa shape index (κ2) is 8.64. The first-order valence-corrected chi connectivity index (χ1v) is 9.26. The van der Waals surface area contributed by atoms with Crippen LogP contribution in [0.2, 0.25) is 0 Å². The molecule has 6 heteroatoms. The van der Waals surface area contributed by atoms with Gasteiger partial charge >= 0.3 is 0 Å². The first-order valence-electron chi connectivity index (χ1n) is 8.45. The van der Waals surface area contributed by atoms with Crippen molar-refractivity contribution < 1.29 is 4.74 Å². The number of rotatable bonds is 8. The van der Waals surface area contributed by atoms with E-state index in [2.05, 4.69) is 34.5 Å². The van der Waals surface area contributed by atoms with Crippen LogP contribution in [0.1, 0.15) is 41.3 Å². The molecule has 0 aliphatic heterocycles. The van der Waals surface area contributed by atoms with Crippen molar-refractivity contribution in [2.45, 2.75) is 46.0 Å². The van der Waals surface area contributed by atoms with Gasteiger partial charge in [-0.25, -0.2) is 4.98 Å². The lowest BCUT2D eigenvalue weighted by molar-refractivity contribution is 0.0732. The topological polar surface area (TPSA) is 58.5 Å². The van der Waals surface area contributed by atoms with Crippen LogP contribution in [0.3, 0.4) is 0 Å². The van der Waals surface area contributed by atoms with Crippen LogP contribution in [-0.2, 0) is 11.2 Å². The van der Waals surface area contributed by atoms with Crippen molar-refractivity contribution in [2.24, 2.45) is 10.4 Å². The molecule has 1 aromatic heterocycles. The van der Waals surface area contributed by atoms with Crippen molar-refractivity contribution in [3.63, 3.8) is 0 Å². The summed E-state index contributed by atoms with van der Waals surface area (Å²) in [4.78, 5) is 10.2. The van der Waals surface area contributed by atoms with Crippen LogP contribution in [0.5, 0.6) is 0 Å². The predicted molar refractivity (Wildman–Crippen MR) is 97.4 cm³/mol. The van der Waals surface area contributed by atoms with Crippen LogP contribution in [0.15, 0.2) is 4.99 Å². The lowest BCUT2D eigenvalue weighted by Gasteiger charge is -2.42. The van der Waals surface area contributed by atoms with E-state index < -0.39 is 0 Å². The molecule has 0 amide bonds. The van der Waals surface area contributed by atoms with Gasteiger partial charge in [-0.1, -0.05) is 6.42 Å². The number of aryl methyl sites for hydroxylation is 2. The van der Waals surface area contributed by atoms with Crippen molar-refractivity contribution in [2.75, 3.05) is 33.9 Å². The first kappa shape index (κ1) is 18.2. The SMILES string of the molecule is CN=C(NCCc1sc(C)nc1C)NCC1(CCOC)CCC1. The molecule has 0 aromatic carbocycles. The van der Waals surface area contributed by atoms with Gasteiger partial charge < -0.3 is 15.4 Å². The molecule has 130 valence electrons. The summed E-state index contributed by atoms with van der Waals surface area (Å²) in [5.74, 6) is 0.896. The van der Waals surface area contributed by atoms with Crippen LogP contribution in [-0.4, -0.2) is 44.8 Å². The van der Waals surface area contributed by atoms with Crippen molar-refractivity contribution in [1.82, 2.24) is 15.6 Å². The summed E-state index contributed by atoms with van der Waals surface area (Å²) in [5.41, 5.74) is 1.56. The Balaban J connectivity index is 1.74. The minimum atomic E-state index is 0.402. The molecule has 1 aromatic rings. The average molecular weight is 339 g/mol. The largest absolute Gasteiger partial charge is 0.385 e. The quantitative estimate of drug-likeness (QED) is 0.565. The highest BCUT2D eigenvalue weighted by Crippen LogP contribution is 2.43. The molecular weight excluding hydrogens is 308 g/mol. The van der Waals surface area contributed by atoms with Crippen molar-refractivity contribution in [3.05, 3.63) is 15.6 Å².